The van der Waals surface area contributed by atoms with Crippen molar-refractivity contribution in [2.75, 3.05) is 33.5 Å². The van der Waals surface area contributed by atoms with Crippen molar-refractivity contribution in [3.63, 3.8) is 0 Å². The molecule has 0 spiro atoms. The van der Waals surface area contributed by atoms with E-state index in [2.05, 4.69) is 18.7 Å². The molecule has 0 aromatic rings. The minimum absolute atomic E-state index is 0.236. The lowest BCUT2D eigenvalue weighted by Crippen LogP contribution is -2.56. The molecule has 0 aliphatic carbocycles. The first-order valence-corrected chi connectivity index (χ1v) is 6.28. The molecule has 1 fully saturated rings. The van der Waals surface area contributed by atoms with Gasteiger partial charge in [-0.25, -0.2) is 0 Å². The van der Waals surface area contributed by atoms with Gasteiger partial charge in [0.1, 0.15) is 0 Å². The van der Waals surface area contributed by atoms with Crippen LogP contribution in [0.15, 0.2) is 0 Å². The lowest BCUT2D eigenvalue weighted by atomic mass is 10.0. The molecule has 1 aliphatic heterocycles. The van der Waals surface area contributed by atoms with Crippen molar-refractivity contribution in [2.24, 2.45) is 5.73 Å². The van der Waals surface area contributed by atoms with E-state index in [0.717, 1.165) is 39.2 Å². The van der Waals surface area contributed by atoms with Crippen molar-refractivity contribution in [1.29, 1.82) is 0 Å². The van der Waals surface area contributed by atoms with Crippen LogP contribution in [0, 0.1) is 0 Å². The number of hydrogen-bond donors (Lipinski definition) is 1. The maximum atomic E-state index is 6.18. The summed E-state index contributed by atoms with van der Waals surface area (Å²) in [6, 6.07) is 1.12. The van der Waals surface area contributed by atoms with Crippen LogP contribution in [-0.4, -0.2) is 56.5 Å². The predicted molar refractivity (Wildman–Crippen MR) is 65.5 cm³/mol. The van der Waals surface area contributed by atoms with Gasteiger partial charge in [0.05, 0.1) is 13.2 Å². The van der Waals surface area contributed by atoms with Gasteiger partial charge in [0.25, 0.3) is 0 Å². The van der Waals surface area contributed by atoms with Crippen LogP contribution in [-0.2, 0) is 9.47 Å². The van der Waals surface area contributed by atoms with Gasteiger partial charge in [-0.2, -0.15) is 0 Å². The Kier molecular flexibility index (Phi) is 6.28. The van der Waals surface area contributed by atoms with Crippen molar-refractivity contribution >= 4 is 0 Å². The average Bonchev–Trinajstić information content (AvgIpc) is 2.31. The van der Waals surface area contributed by atoms with Crippen LogP contribution in [0.4, 0.5) is 0 Å². The number of ether oxygens (including phenoxy) is 2. The molecule has 4 nitrogen and oxygen atoms in total. The molecule has 0 bridgehead atoms. The summed E-state index contributed by atoms with van der Waals surface area (Å²) < 4.78 is 10.7. The van der Waals surface area contributed by atoms with Gasteiger partial charge < -0.3 is 15.2 Å². The van der Waals surface area contributed by atoms with Crippen LogP contribution in [0.5, 0.6) is 0 Å². The minimum Gasteiger partial charge on any atom is -0.383 e. The smallest absolute Gasteiger partial charge is 0.0637 e. The lowest BCUT2D eigenvalue weighted by molar-refractivity contribution is -0.0177. The van der Waals surface area contributed by atoms with E-state index in [1.165, 1.54) is 0 Å². The van der Waals surface area contributed by atoms with Gasteiger partial charge in [-0.3, -0.25) is 4.90 Å². The van der Waals surface area contributed by atoms with Gasteiger partial charge in [0.15, 0.2) is 0 Å². The monoisotopic (exact) mass is 230 g/mol. The van der Waals surface area contributed by atoms with Crippen LogP contribution in [0.1, 0.15) is 26.7 Å². The molecule has 16 heavy (non-hydrogen) atoms. The zero-order valence-electron chi connectivity index (χ0n) is 10.8. The standard InChI is InChI=1S/C12H26N2O2/c1-4-10(2)14(6-8-15-3)12-9-16-7-5-11(12)13/h10-12H,4-9,13H2,1-3H3. The summed E-state index contributed by atoms with van der Waals surface area (Å²) >= 11 is 0. The number of methoxy groups -OCH3 is 1. The Hall–Kier alpha value is -0.160. The lowest BCUT2D eigenvalue weighted by Gasteiger charge is -2.41. The van der Waals surface area contributed by atoms with Crippen LogP contribution < -0.4 is 5.73 Å². The summed E-state index contributed by atoms with van der Waals surface area (Å²) in [6.45, 7) is 7.71. The molecule has 1 heterocycles. The SMILES string of the molecule is CCC(C)N(CCOC)C1COCCC1N. The van der Waals surface area contributed by atoms with Gasteiger partial charge in [-0.05, 0) is 19.8 Å². The molecule has 4 heteroatoms. The van der Waals surface area contributed by atoms with Crippen molar-refractivity contribution in [1.82, 2.24) is 4.90 Å². The predicted octanol–water partition coefficient (Wildman–Crippen LogP) is 0.850. The fourth-order valence-corrected chi connectivity index (χ4v) is 2.23. The van der Waals surface area contributed by atoms with E-state index in [-0.39, 0.29) is 6.04 Å². The van der Waals surface area contributed by atoms with Crippen molar-refractivity contribution in [2.45, 2.75) is 44.8 Å². The first-order chi connectivity index (χ1) is 7.70. The third-order valence-corrected chi connectivity index (χ3v) is 3.51. The van der Waals surface area contributed by atoms with E-state index < -0.39 is 0 Å². The molecule has 1 aliphatic rings. The summed E-state index contributed by atoms with van der Waals surface area (Å²) in [4.78, 5) is 2.44. The third-order valence-electron chi connectivity index (χ3n) is 3.51. The highest BCUT2D eigenvalue weighted by Crippen LogP contribution is 2.16. The highest BCUT2D eigenvalue weighted by atomic mass is 16.5. The summed E-state index contributed by atoms with van der Waals surface area (Å²) in [5.41, 5.74) is 6.18. The molecular weight excluding hydrogens is 204 g/mol. The average molecular weight is 230 g/mol. The Labute approximate surface area is 99.1 Å². The molecular formula is C12H26N2O2. The summed E-state index contributed by atoms with van der Waals surface area (Å²) in [5.74, 6) is 0. The number of nitrogens with zero attached hydrogens (tertiary/aromatic N) is 1. The summed E-state index contributed by atoms with van der Waals surface area (Å²) in [7, 11) is 1.74. The first kappa shape index (κ1) is 13.9. The fraction of sp³-hybridized carbons (Fsp3) is 1.00. The molecule has 3 unspecified atom stereocenters. The molecule has 0 aromatic heterocycles. The topological polar surface area (TPSA) is 47.7 Å². The Morgan fingerprint density at radius 2 is 2.31 bits per heavy atom. The van der Waals surface area contributed by atoms with Gasteiger partial charge in [0.2, 0.25) is 0 Å². The maximum Gasteiger partial charge on any atom is 0.0637 e. The number of hydrogen-bond acceptors (Lipinski definition) is 4. The van der Waals surface area contributed by atoms with E-state index in [4.69, 9.17) is 15.2 Å². The minimum atomic E-state index is 0.236. The Balaban J connectivity index is 2.57. The van der Waals surface area contributed by atoms with Crippen LogP contribution in [0.3, 0.4) is 0 Å². The van der Waals surface area contributed by atoms with E-state index in [1.54, 1.807) is 7.11 Å². The highest BCUT2D eigenvalue weighted by molar-refractivity contribution is 4.87. The van der Waals surface area contributed by atoms with Crippen LogP contribution in [0.25, 0.3) is 0 Å². The van der Waals surface area contributed by atoms with E-state index in [9.17, 15) is 0 Å². The first-order valence-electron chi connectivity index (χ1n) is 6.28. The van der Waals surface area contributed by atoms with Crippen molar-refractivity contribution < 1.29 is 9.47 Å². The van der Waals surface area contributed by atoms with Gasteiger partial charge in [-0.1, -0.05) is 6.92 Å². The van der Waals surface area contributed by atoms with Crippen molar-refractivity contribution in [3.05, 3.63) is 0 Å². The third kappa shape index (κ3) is 3.70. The molecule has 2 N–H and O–H groups in total. The second-order valence-electron chi connectivity index (χ2n) is 4.58. The second kappa shape index (κ2) is 7.22. The molecule has 1 rings (SSSR count). The quantitative estimate of drug-likeness (QED) is 0.735. The normalized spacial score (nSPS) is 28.3. The Morgan fingerprint density at radius 1 is 1.56 bits per heavy atom. The van der Waals surface area contributed by atoms with Gasteiger partial charge in [0, 0.05) is 38.4 Å². The molecule has 0 radical (unpaired) electrons. The molecule has 1 saturated heterocycles. The molecule has 3 atom stereocenters. The van der Waals surface area contributed by atoms with Crippen LogP contribution in [0.2, 0.25) is 0 Å². The van der Waals surface area contributed by atoms with E-state index in [0.29, 0.717) is 12.1 Å². The highest BCUT2D eigenvalue weighted by Gasteiger charge is 2.30. The number of nitrogens with two attached hydrogens (primary N) is 1. The molecule has 0 aromatic carbocycles. The molecule has 0 saturated carbocycles. The second-order valence-corrected chi connectivity index (χ2v) is 4.58. The maximum absolute atomic E-state index is 6.18. The van der Waals surface area contributed by atoms with Crippen molar-refractivity contribution in [3.8, 4) is 0 Å². The fourth-order valence-electron chi connectivity index (χ4n) is 2.23. The molecule has 0 amide bonds. The van der Waals surface area contributed by atoms with Crippen LogP contribution >= 0.6 is 0 Å². The zero-order chi connectivity index (χ0) is 12.0. The van der Waals surface area contributed by atoms with E-state index in [1.807, 2.05) is 0 Å². The number of rotatable bonds is 6. The Bertz CT molecular complexity index is 190. The van der Waals surface area contributed by atoms with Gasteiger partial charge >= 0.3 is 0 Å². The zero-order valence-corrected chi connectivity index (χ0v) is 10.8. The summed E-state index contributed by atoms with van der Waals surface area (Å²) in [5, 5.41) is 0. The summed E-state index contributed by atoms with van der Waals surface area (Å²) in [6.07, 6.45) is 2.09. The largest absolute Gasteiger partial charge is 0.383 e. The van der Waals surface area contributed by atoms with Gasteiger partial charge in [-0.15, -0.1) is 0 Å². The Morgan fingerprint density at radius 3 is 2.88 bits per heavy atom. The van der Waals surface area contributed by atoms with E-state index >= 15 is 0 Å². The molecule has 96 valence electrons.